The van der Waals surface area contributed by atoms with Gasteiger partial charge in [0.05, 0.1) is 20.6 Å². The fourth-order valence-corrected chi connectivity index (χ4v) is 3.17. The molecule has 1 fully saturated rings. The van der Waals surface area contributed by atoms with Crippen molar-refractivity contribution in [2.45, 2.75) is 44.2 Å². The van der Waals surface area contributed by atoms with Gasteiger partial charge in [0.2, 0.25) is 0 Å². The number of nitrogens with zero attached hydrogens (tertiary/aromatic N) is 1. The summed E-state index contributed by atoms with van der Waals surface area (Å²) in [5.74, 6) is 0. The Labute approximate surface area is 133 Å². The van der Waals surface area contributed by atoms with Gasteiger partial charge in [-0.2, -0.15) is 0 Å². The zero-order valence-electron chi connectivity index (χ0n) is 13.1. The Hall–Kier alpha value is -1.20. The molecular formula is C16H27N4S+. The fourth-order valence-electron chi connectivity index (χ4n) is 2.92. The van der Waals surface area contributed by atoms with Crippen LogP contribution in [-0.4, -0.2) is 36.8 Å². The molecule has 1 aromatic heterocycles. The third kappa shape index (κ3) is 5.25. The third-order valence-electron chi connectivity index (χ3n) is 4.19. The van der Waals surface area contributed by atoms with Gasteiger partial charge in [0.25, 0.3) is 0 Å². The first-order valence-electron chi connectivity index (χ1n) is 7.91. The van der Waals surface area contributed by atoms with E-state index in [1.54, 1.807) is 0 Å². The molecule has 1 aliphatic rings. The standard InChI is InChI=1S/C16H26N4S/c1-20(2)15(13-7-6-10-17-11-13)12-18-16(21)19-14-8-4-3-5-9-14/h6-7,10-11,14-15H,3-5,8-9,12H2,1-2H3,(H2,18,19,21)/p+1. The maximum atomic E-state index is 5.44. The Morgan fingerprint density at radius 1 is 1.38 bits per heavy atom. The number of likely N-dealkylation sites (N-methyl/N-ethyl adjacent to an activating group) is 1. The predicted octanol–water partition coefficient (Wildman–Crippen LogP) is 1.06. The number of pyridine rings is 1. The summed E-state index contributed by atoms with van der Waals surface area (Å²) in [5.41, 5.74) is 1.24. The average Bonchev–Trinajstić information content (AvgIpc) is 2.49. The second kappa shape index (κ2) is 8.29. The van der Waals surface area contributed by atoms with Crippen molar-refractivity contribution in [3.05, 3.63) is 30.1 Å². The molecule has 0 aliphatic heterocycles. The SMILES string of the molecule is C[NH+](C)C(CNC(=S)NC1CCCCC1)c1cccnc1. The molecule has 3 N–H and O–H groups in total. The molecule has 5 heteroatoms. The van der Waals surface area contributed by atoms with Crippen LogP contribution >= 0.6 is 12.2 Å². The minimum atomic E-state index is 0.352. The summed E-state index contributed by atoms with van der Waals surface area (Å²) in [7, 11) is 4.33. The smallest absolute Gasteiger partial charge is 0.166 e. The molecule has 0 spiro atoms. The van der Waals surface area contributed by atoms with E-state index in [1.807, 2.05) is 18.5 Å². The van der Waals surface area contributed by atoms with Gasteiger partial charge in [-0.05, 0) is 37.2 Å². The van der Waals surface area contributed by atoms with Crippen molar-refractivity contribution in [3.8, 4) is 0 Å². The van der Waals surface area contributed by atoms with Crippen LogP contribution < -0.4 is 15.5 Å². The summed E-state index contributed by atoms with van der Waals surface area (Å²) in [4.78, 5) is 5.59. The van der Waals surface area contributed by atoms with Crippen LogP contribution in [0.25, 0.3) is 0 Å². The van der Waals surface area contributed by atoms with Crippen molar-refractivity contribution in [1.29, 1.82) is 0 Å². The number of hydrogen-bond acceptors (Lipinski definition) is 2. The minimum Gasteiger partial charge on any atom is -0.360 e. The van der Waals surface area contributed by atoms with Crippen LogP contribution in [0.4, 0.5) is 0 Å². The average molecular weight is 307 g/mol. The summed E-state index contributed by atoms with van der Waals surface area (Å²) < 4.78 is 0. The van der Waals surface area contributed by atoms with Crippen LogP contribution in [0.15, 0.2) is 24.5 Å². The largest absolute Gasteiger partial charge is 0.360 e. The topological polar surface area (TPSA) is 41.4 Å². The maximum Gasteiger partial charge on any atom is 0.166 e. The normalized spacial score (nSPS) is 17.5. The minimum absolute atomic E-state index is 0.352. The van der Waals surface area contributed by atoms with Crippen molar-refractivity contribution >= 4 is 17.3 Å². The number of nitrogens with one attached hydrogen (secondary N) is 3. The lowest BCUT2D eigenvalue weighted by Crippen LogP contribution is -3.07. The predicted molar refractivity (Wildman–Crippen MR) is 90.4 cm³/mol. The molecule has 0 saturated heterocycles. The van der Waals surface area contributed by atoms with Gasteiger partial charge in [-0.1, -0.05) is 19.3 Å². The van der Waals surface area contributed by atoms with E-state index in [4.69, 9.17) is 12.2 Å². The Kier molecular flexibility index (Phi) is 6.39. The van der Waals surface area contributed by atoms with Crippen LogP contribution in [0.2, 0.25) is 0 Å². The highest BCUT2D eigenvalue weighted by atomic mass is 32.1. The molecule has 1 heterocycles. The lowest BCUT2D eigenvalue weighted by Gasteiger charge is -2.26. The van der Waals surface area contributed by atoms with Gasteiger partial charge in [0.15, 0.2) is 5.11 Å². The fraction of sp³-hybridized carbons (Fsp3) is 0.625. The van der Waals surface area contributed by atoms with Crippen molar-refractivity contribution in [2.24, 2.45) is 0 Å². The molecule has 0 bridgehead atoms. The highest BCUT2D eigenvalue weighted by Gasteiger charge is 2.19. The van der Waals surface area contributed by atoms with Crippen molar-refractivity contribution in [3.63, 3.8) is 0 Å². The molecule has 0 aromatic carbocycles. The Morgan fingerprint density at radius 2 is 2.14 bits per heavy atom. The van der Waals surface area contributed by atoms with Gasteiger partial charge in [-0.25, -0.2) is 0 Å². The summed E-state index contributed by atoms with van der Waals surface area (Å²) >= 11 is 5.44. The van der Waals surface area contributed by atoms with Gasteiger partial charge in [0, 0.05) is 24.0 Å². The highest BCUT2D eigenvalue weighted by Crippen LogP contribution is 2.17. The van der Waals surface area contributed by atoms with E-state index in [2.05, 4.69) is 35.8 Å². The molecule has 1 saturated carbocycles. The van der Waals surface area contributed by atoms with Crippen molar-refractivity contribution in [2.75, 3.05) is 20.6 Å². The van der Waals surface area contributed by atoms with E-state index >= 15 is 0 Å². The van der Waals surface area contributed by atoms with E-state index in [9.17, 15) is 0 Å². The van der Waals surface area contributed by atoms with E-state index in [1.165, 1.54) is 42.6 Å². The number of thiocarbonyl (C=S) groups is 1. The molecule has 0 radical (unpaired) electrons. The van der Waals surface area contributed by atoms with Crippen LogP contribution in [0, 0.1) is 0 Å². The van der Waals surface area contributed by atoms with E-state index in [-0.39, 0.29) is 0 Å². The molecule has 2 rings (SSSR count). The number of quaternary nitrogens is 1. The van der Waals surface area contributed by atoms with Crippen molar-refractivity contribution in [1.82, 2.24) is 15.6 Å². The Morgan fingerprint density at radius 3 is 2.76 bits per heavy atom. The number of aromatic nitrogens is 1. The summed E-state index contributed by atoms with van der Waals surface area (Å²) in [6.07, 6.45) is 10.2. The molecule has 116 valence electrons. The van der Waals surface area contributed by atoms with Gasteiger partial charge < -0.3 is 15.5 Å². The van der Waals surface area contributed by atoms with Crippen LogP contribution in [0.3, 0.4) is 0 Å². The van der Waals surface area contributed by atoms with Crippen LogP contribution in [0.1, 0.15) is 43.7 Å². The van der Waals surface area contributed by atoms with E-state index in [0.29, 0.717) is 12.1 Å². The lowest BCUT2D eigenvalue weighted by molar-refractivity contribution is -0.890. The molecule has 1 unspecified atom stereocenters. The Balaban J connectivity index is 1.82. The van der Waals surface area contributed by atoms with Gasteiger partial charge in [-0.3, -0.25) is 4.98 Å². The zero-order chi connectivity index (χ0) is 15.1. The third-order valence-corrected chi connectivity index (χ3v) is 4.45. The van der Waals surface area contributed by atoms with E-state index < -0.39 is 0 Å². The summed E-state index contributed by atoms with van der Waals surface area (Å²) in [6, 6.07) is 5.03. The zero-order valence-corrected chi connectivity index (χ0v) is 13.9. The molecular weight excluding hydrogens is 280 g/mol. The maximum absolute atomic E-state index is 5.44. The van der Waals surface area contributed by atoms with Crippen LogP contribution in [-0.2, 0) is 0 Å². The first-order valence-corrected chi connectivity index (χ1v) is 8.32. The second-order valence-corrected chi connectivity index (χ2v) is 6.51. The van der Waals surface area contributed by atoms with Gasteiger partial charge in [0.1, 0.15) is 6.04 Å². The van der Waals surface area contributed by atoms with Crippen molar-refractivity contribution < 1.29 is 4.90 Å². The van der Waals surface area contributed by atoms with E-state index in [0.717, 1.165) is 11.7 Å². The molecule has 21 heavy (non-hydrogen) atoms. The van der Waals surface area contributed by atoms with Crippen LogP contribution in [0.5, 0.6) is 0 Å². The summed E-state index contributed by atoms with van der Waals surface area (Å²) in [5, 5.41) is 7.63. The highest BCUT2D eigenvalue weighted by molar-refractivity contribution is 7.80. The number of rotatable bonds is 5. The molecule has 1 atom stereocenters. The molecule has 0 amide bonds. The quantitative estimate of drug-likeness (QED) is 0.712. The molecule has 1 aromatic rings. The van der Waals surface area contributed by atoms with Gasteiger partial charge >= 0.3 is 0 Å². The van der Waals surface area contributed by atoms with Gasteiger partial charge in [-0.15, -0.1) is 0 Å². The number of hydrogen-bond donors (Lipinski definition) is 3. The monoisotopic (exact) mass is 307 g/mol. The summed E-state index contributed by atoms with van der Waals surface area (Å²) in [6.45, 7) is 0.826. The second-order valence-electron chi connectivity index (χ2n) is 6.11. The first-order chi connectivity index (χ1) is 10.2. The molecule has 1 aliphatic carbocycles. The Bertz CT molecular complexity index is 429. The molecule has 4 nitrogen and oxygen atoms in total. The first kappa shape index (κ1) is 16.2. The lowest BCUT2D eigenvalue weighted by atomic mass is 9.96.